The molecule has 1 fully saturated rings. The second-order valence-corrected chi connectivity index (χ2v) is 4.91. The van der Waals surface area contributed by atoms with Gasteiger partial charge in [-0.1, -0.05) is 20.8 Å². The van der Waals surface area contributed by atoms with Crippen molar-refractivity contribution in [3.8, 4) is 0 Å². The summed E-state index contributed by atoms with van der Waals surface area (Å²) in [7, 11) is 0. The van der Waals surface area contributed by atoms with E-state index in [1.807, 2.05) is 6.92 Å². The minimum absolute atomic E-state index is 0.0936. The second-order valence-electron chi connectivity index (χ2n) is 4.91. The lowest BCUT2D eigenvalue weighted by Crippen LogP contribution is -2.55. The highest BCUT2D eigenvalue weighted by molar-refractivity contribution is 4.95. The lowest BCUT2D eigenvalue weighted by Gasteiger charge is -2.40. The quantitative estimate of drug-likeness (QED) is 0.637. The van der Waals surface area contributed by atoms with E-state index in [2.05, 4.69) is 19.2 Å². The molecule has 0 heterocycles. The van der Waals surface area contributed by atoms with E-state index < -0.39 is 5.60 Å². The van der Waals surface area contributed by atoms with Crippen LogP contribution in [0.2, 0.25) is 0 Å². The summed E-state index contributed by atoms with van der Waals surface area (Å²) in [5.74, 6) is 0. The average Bonchev–Trinajstić information content (AvgIpc) is 2.10. The van der Waals surface area contributed by atoms with Crippen molar-refractivity contribution in [1.29, 1.82) is 0 Å². The predicted molar refractivity (Wildman–Crippen MR) is 59.1 cm³/mol. The topological polar surface area (TPSA) is 58.3 Å². The summed E-state index contributed by atoms with van der Waals surface area (Å²) < 4.78 is 0. The minimum atomic E-state index is -0.505. The molecular weight excluding hydrogens is 176 g/mol. The van der Waals surface area contributed by atoms with Crippen LogP contribution in [0.3, 0.4) is 0 Å². The van der Waals surface area contributed by atoms with Gasteiger partial charge in [-0.2, -0.15) is 0 Å². The van der Waals surface area contributed by atoms with Gasteiger partial charge in [-0.05, 0) is 25.7 Å². The van der Waals surface area contributed by atoms with Crippen LogP contribution in [0, 0.1) is 0 Å². The van der Waals surface area contributed by atoms with Crippen LogP contribution < -0.4 is 11.1 Å². The van der Waals surface area contributed by atoms with Gasteiger partial charge in [0.1, 0.15) is 0 Å². The van der Waals surface area contributed by atoms with Gasteiger partial charge in [-0.25, -0.2) is 0 Å². The molecule has 0 spiro atoms. The van der Waals surface area contributed by atoms with Crippen molar-refractivity contribution in [2.24, 2.45) is 5.73 Å². The largest absolute Gasteiger partial charge is 0.390 e. The van der Waals surface area contributed by atoms with E-state index in [9.17, 15) is 5.11 Å². The molecular formula is C11H24N2O. The summed E-state index contributed by atoms with van der Waals surface area (Å²) in [6, 6.07) is 0.941. The number of aliphatic hydroxyl groups is 1. The molecule has 3 heteroatoms. The van der Waals surface area contributed by atoms with Crippen molar-refractivity contribution in [2.45, 2.75) is 70.2 Å². The maximum Gasteiger partial charge on any atom is 0.0661 e. The Hall–Kier alpha value is -0.120. The minimum Gasteiger partial charge on any atom is -0.390 e. The predicted octanol–water partition coefficient (Wildman–Crippen LogP) is 1.01. The van der Waals surface area contributed by atoms with Crippen molar-refractivity contribution in [3.05, 3.63) is 0 Å². The van der Waals surface area contributed by atoms with Crippen LogP contribution >= 0.6 is 0 Å². The van der Waals surface area contributed by atoms with E-state index >= 15 is 0 Å². The summed E-state index contributed by atoms with van der Waals surface area (Å²) >= 11 is 0. The van der Waals surface area contributed by atoms with Gasteiger partial charge >= 0.3 is 0 Å². The van der Waals surface area contributed by atoms with E-state index in [-0.39, 0.29) is 6.04 Å². The molecule has 0 aromatic rings. The molecule has 84 valence electrons. The molecule has 4 N–H and O–H groups in total. The molecule has 1 aliphatic carbocycles. The Bertz CT molecular complexity index is 184. The van der Waals surface area contributed by atoms with Crippen LogP contribution in [0.5, 0.6) is 0 Å². The molecule has 0 saturated heterocycles. The fourth-order valence-corrected chi connectivity index (χ4v) is 2.28. The van der Waals surface area contributed by atoms with E-state index in [0.29, 0.717) is 12.1 Å². The lowest BCUT2D eigenvalue weighted by molar-refractivity contribution is -0.0148. The third kappa shape index (κ3) is 2.94. The number of rotatable bonds is 3. The number of hydrogen-bond acceptors (Lipinski definition) is 3. The maximum absolute atomic E-state index is 10.1. The highest BCUT2D eigenvalue weighted by atomic mass is 16.3. The van der Waals surface area contributed by atoms with Crippen molar-refractivity contribution < 1.29 is 5.11 Å². The summed E-state index contributed by atoms with van der Waals surface area (Å²) in [5, 5.41) is 13.6. The fourth-order valence-electron chi connectivity index (χ4n) is 2.28. The van der Waals surface area contributed by atoms with E-state index in [0.717, 1.165) is 25.7 Å². The normalized spacial score (nSPS) is 39.0. The highest BCUT2D eigenvalue weighted by Crippen LogP contribution is 2.30. The van der Waals surface area contributed by atoms with E-state index in [4.69, 9.17) is 5.73 Å². The van der Waals surface area contributed by atoms with Crippen molar-refractivity contribution in [2.75, 3.05) is 0 Å². The standard InChI is InChI=1S/C11H24N2O/c1-4-11(14)6-5-10(9(12)7-11)13-8(2)3/h8-10,13-14H,4-7,12H2,1-3H3. The second kappa shape index (κ2) is 4.60. The fraction of sp³-hybridized carbons (Fsp3) is 1.00. The summed E-state index contributed by atoms with van der Waals surface area (Å²) in [5.41, 5.74) is 5.55. The van der Waals surface area contributed by atoms with E-state index in [1.54, 1.807) is 0 Å². The Balaban J connectivity index is 2.47. The monoisotopic (exact) mass is 200 g/mol. The first-order valence-electron chi connectivity index (χ1n) is 5.71. The Morgan fingerprint density at radius 3 is 2.64 bits per heavy atom. The molecule has 1 aliphatic rings. The molecule has 0 aromatic carbocycles. The Morgan fingerprint density at radius 1 is 1.57 bits per heavy atom. The van der Waals surface area contributed by atoms with Crippen molar-refractivity contribution in [1.82, 2.24) is 5.32 Å². The SMILES string of the molecule is CCC1(O)CCC(NC(C)C)C(N)C1. The summed E-state index contributed by atoms with van der Waals surface area (Å²) in [6.07, 6.45) is 3.41. The Morgan fingerprint density at radius 2 is 2.21 bits per heavy atom. The molecule has 0 amide bonds. The first kappa shape index (κ1) is 12.0. The number of nitrogens with one attached hydrogen (secondary N) is 1. The molecule has 3 atom stereocenters. The van der Waals surface area contributed by atoms with Gasteiger partial charge < -0.3 is 16.2 Å². The van der Waals surface area contributed by atoms with Gasteiger partial charge in [0.15, 0.2) is 0 Å². The van der Waals surface area contributed by atoms with Gasteiger partial charge in [0.25, 0.3) is 0 Å². The maximum atomic E-state index is 10.1. The molecule has 0 radical (unpaired) electrons. The third-order valence-electron chi connectivity index (χ3n) is 3.26. The smallest absolute Gasteiger partial charge is 0.0661 e. The summed E-state index contributed by atoms with van der Waals surface area (Å²) in [6.45, 7) is 6.30. The average molecular weight is 200 g/mol. The highest BCUT2D eigenvalue weighted by Gasteiger charge is 2.36. The molecule has 0 aromatic heterocycles. The number of hydrogen-bond donors (Lipinski definition) is 3. The zero-order chi connectivity index (χ0) is 10.8. The molecule has 3 nitrogen and oxygen atoms in total. The van der Waals surface area contributed by atoms with Gasteiger partial charge in [0, 0.05) is 18.1 Å². The molecule has 14 heavy (non-hydrogen) atoms. The van der Waals surface area contributed by atoms with Gasteiger partial charge in [-0.3, -0.25) is 0 Å². The van der Waals surface area contributed by atoms with Gasteiger partial charge in [-0.15, -0.1) is 0 Å². The van der Waals surface area contributed by atoms with Crippen molar-refractivity contribution >= 4 is 0 Å². The van der Waals surface area contributed by atoms with Gasteiger partial charge in [0.05, 0.1) is 5.60 Å². The molecule has 0 bridgehead atoms. The van der Waals surface area contributed by atoms with Crippen LogP contribution in [0.1, 0.15) is 46.5 Å². The Labute approximate surface area is 87.1 Å². The van der Waals surface area contributed by atoms with Crippen LogP contribution in [-0.4, -0.2) is 28.8 Å². The van der Waals surface area contributed by atoms with Crippen LogP contribution in [-0.2, 0) is 0 Å². The Kier molecular flexibility index (Phi) is 3.93. The lowest BCUT2D eigenvalue weighted by atomic mass is 9.77. The molecule has 1 rings (SSSR count). The first-order valence-corrected chi connectivity index (χ1v) is 5.71. The number of nitrogens with two attached hydrogens (primary N) is 1. The van der Waals surface area contributed by atoms with Gasteiger partial charge in [0.2, 0.25) is 0 Å². The van der Waals surface area contributed by atoms with Crippen molar-refractivity contribution in [3.63, 3.8) is 0 Å². The molecule has 0 aliphatic heterocycles. The molecule has 3 unspecified atom stereocenters. The van der Waals surface area contributed by atoms with Crippen LogP contribution in [0.25, 0.3) is 0 Å². The summed E-state index contributed by atoms with van der Waals surface area (Å²) in [4.78, 5) is 0. The first-order chi connectivity index (χ1) is 6.47. The zero-order valence-electron chi connectivity index (χ0n) is 9.59. The zero-order valence-corrected chi connectivity index (χ0v) is 9.59. The van der Waals surface area contributed by atoms with Crippen LogP contribution in [0.15, 0.2) is 0 Å². The van der Waals surface area contributed by atoms with Crippen LogP contribution in [0.4, 0.5) is 0 Å². The third-order valence-corrected chi connectivity index (χ3v) is 3.26. The molecule has 1 saturated carbocycles. The van der Waals surface area contributed by atoms with E-state index in [1.165, 1.54) is 0 Å².